The van der Waals surface area contributed by atoms with Crippen molar-refractivity contribution in [2.75, 3.05) is 198 Å². The molecule has 0 aliphatic carbocycles. The summed E-state index contributed by atoms with van der Waals surface area (Å²) in [7, 11) is 0. The van der Waals surface area contributed by atoms with Gasteiger partial charge in [-0.15, -0.1) is 0 Å². The van der Waals surface area contributed by atoms with Crippen molar-refractivity contribution in [1.82, 2.24) is 42.5 Å². The molecular formula is C65H118N8O34. The fourth-order valence-corrected chi connectivity index (χ4v) is 10.6. The zero-order valence-corrected chi connectivity index (χ0v) is 61.2. The molecule has 42 heteroatoms. The van der Waals surface area contributed by atoms with E-state index in [-0.39, 0.29) is 197 Å². The summed E-state index contributed by atoms with van der Waals surface area (Å²) >= 11 is 0. The zero-order chi connectivity index (χ0) is 78.6. The van der Waals surface area contributed by atoms with E-state index < -0.39 is 171 Å². The maximum Gasteiger partial charge on any atom is 0.305 e. The van der Waals surface area contributed by atoms with Crippen molar-refractivity contribution in [1.29, 1.82) is 0 Å². The van der Waals surface area contributed by atoms with Gasteiger partial charge in [0.05, 0.1) is 171 Å². The predicted molar refractivity (Wildman–Crippen MR) is 365 cm³/mol. The van der Waals surface area contributed by atoms with Gasteiger partial charge in [-0.2, -0.15) is 0 Å². The Kier molecular flexibility index (Phi) is 52.5. The smallest absolute Gasteiger partial charge is 0.305 e. The third kappa shape index (κ3) is 41.5. The van der Waals surface area contributed by atoms with Gasteiger partial charge in [0.15, 0.2) is 18.9 Å². The van der Waals surface area contributed by atoms with Crippen molar-refractivity contribution in [3.8, 4) is 0 Å². The average molecular weight is 1560 g/mol. The van der Waals surface area contributed by atoms with Crippen LogP contribution in [0.2, 0.25) is 0 Å². The summed E-state index contributed by atoms with van der Waals surface area (Å²) in [5.41, 5.74) is 0. The number of hydrogen-bond acceptors (Lipinski definition) is 34. The molecule has 3 aliphatic rings. The van der Waals surface area contributed by atoms with Crippen LogP contribution < -0.4 is 42.5 Å². The minimum Gasteiger partial charge on any atom is -0.481 e. The summed E-state index contributed by atoms with van der Waals surface area (Å²) in [6, 6.07) is -5.16. The maximum absolute atomic E-state index is 14.1. The van der Waals surface area contributed by atoms with E-state index in [0.29, 0.717) is 25.7 Å². The summed E-state index contributed by atoms with van der Waals surface area (Å²) in [5, 5.41) is 121. The number of nitrogens with one attached hydrogen (secondary N) is 8. The molecule has 3 fully saturated rings. The molecule has 42 nitrogen and oxygen atoms in total. The number of aliphatic carboxylic acids is 1. The zero-order valence-electron chi connectivity index (χ0n) is 61.2. The van der Waals surface area contributed by atoms with Gasteiger partial charge < -0.3 is 169 Å². The Morgan fingerprint density at radius 1 is 0.355 bits per heavy atom. The fourth-order valence-electron chi connectivity index (χ4n) is 10.6. The minimum atomic E-state index is -1.46. The molecule has 0 aromatic carbocycles. The van der Waals surface area contributed by atoms with Crippen molar-refractivity contribution < 1.29 is 165 Å². The van der Waals surface area contributed by atoms with Crippen molar-refractivity contribution in [3.63, 3.8) is 0 Å². The number of carbonyl (C=O) groups is 8. The van der Waals surface area contributed by atoms with Crippen LogP contribution in [0.15, 0.2) is 0 Å². The van der Waals surface area contributed by atoms with Crippen molar-refractivity contribution in [2.24, 2.45) is 0 Å². The highest BCUT2D eigenvalue weighted by Gasteiger charge is 2.48. The van der Waals surface area contributed by atoms with E-state index in [1.807, 2.05) is 0 Å². The summed E-state index contributed by atoms with van der Waals surface area (Å²) in [4.78, 5) is 99.0. The van der Waals surface area contributed by atoms with E-state index in [9.17, 15) is 84.3 Å². The molecule has 0 spiro atoms. The van der Waals surface area contributed by atoms with E-state index in [4.69, 9.17) is 80.9 Å². The van der Waals surface area contributed by atoms with E-state index in [1.54, 1.807) is 0 Å². The summed E-state index contributed by atoms with van der Waals surface area (Å²) in [6.45, 7) is 4.19. The Balaban J connectivity index is 1.43. The van der Waals surface area contributed by atoms with Gasteiger partial charge in [0.1, 0.15) is 92.3 Å². The van der Waals surface area contributed by atoms with Crippen molar-refractivity contribution in [2.45, 2.75) is 170 Å². The Morgan fingerprint density at radius 3 is 1.02 bits per heavy atom. The van der Waals surface area contributed by atoms with Crippen LogP contribution in [0.4, 0.5) is 0 Å². The van der Waals surface area contributed by atoms with Gasteiger partial charge in [-0.05, 0) is 38.5 Å². The molecule has 3 aliphatic heterocycles. The minimum absolute atomic E-state index is 0.000409. The normalized spacial score (nSPS) is 24.9. The molecule has 0 radical (unpaired) electrons. The Hall–Kier alpha value is -5.28. The first-order chi connectivity index (χ1) is 51.5. The van der Waals surface area contributed by atoms with Crippen molar-refractivity contribution in [3.05, 3.63) is 0 Å². The number of ether oxygens (including phenoxy) is 16. The number of aliphatic hydroxyl groups excluding tert-OH is 9. The second-order valence-electron chi connectivity index (χ2n) is 24.6. The molecule has 17 atom stereocenters. The number of unbranched alkanes of at least 4 members (excludes halogenated alkanes) is 2. The summed E-state index contributed by atoms with van der Waals surface area (Å²) in [5.74, 6) is -4.36. The van der Waals surface area contributed by atoms with Gasteiger partial charge in [0.25, 0.3) is 0 Å². The predicted octanol–water partition coefficient (Wildman–Crippen LogP) is -9.36. The Bertz CT molecular complexity index is 2440. The molecule has 0 saturated carbocycles. The lowest BCUT2D eigenvalue weighted by Gasteiger charge is -2.42. The number of carboxylic acid groups (broad SMARTS) is 1. The van der Waals surface area contributed by atoms with Gasteiger partial charge in [-0.25, -0.2) is 0 Å². The lowest BCUT2D eigenvalue weighted by molar-refractivity contribution is -0.272. The van der Waals surface area contributed by atoms with Crippen LogP contribution in [0.3, 0.4) is 0 Å². The molecule has 0 aromatic heterocycles. The molecule has 0 aromatic rings. The van der Waals surface area contributed by atoms with Crippen molar-refractivity contribution >= 4 is 47.3 Å². The van der Waals surface area contributed by atoms with E-state index in [2.05, 4.69) is 42.5 Å². The Labute approximate surface area is 621 Å². The molecule has 3 heterocycles. The second kappa shape index (κ2) is 58.6. The number of carboxylic acids is 1. The lowest BCUT2D eigenvalue weighted by atomic mass is 9.97. The first kappa shape index (κ1) is 95.9. The SMILES string of the molecule is CC(=O)N[C@H]1[C@H](OCCOCCOCCOCCN[C@@H](CCCCNC(=O)COCCOCCOCCO[C@@H]2O[C@H](CO)[C@H](O)[C@H](O)[C@H]2NC(C)=O)C(=O)N[C@@H](CCCCNC(=O)COCCOCCOCCO[C@@H]2O[C@H](CO)[C@H](O)[C@H](O)[C@H]2NC(C)=O)C(=O)NCCOCCC(=O)O)O[C@H](CO)[C@H](O)[C@@H]1O. The number of aliphatic hydroxyl groups is 9. The topological polar surface area (TPSA) is 583 Å². The number of amides is 7. The third-order valence-corrected chi connectivity index (χ3v) is 16.1. The maximum atomic E-state index is 14.1. The monoisotopic (exact) mass is 1550 g/mol. The van der Waals surface area contributed by atoms with Gasteiger partial charge in [-0.3, -0.25) is 38.4 Å². The number of hydrogen-bond donors (Lipinski definition) is 18. The number of rotatable bonds is 63. The van der Waals surface area contributed by atoms with Crippen LogP contribution >= 0.6 is 0 Å². The molecule has 7 amide bonds. The Morgan fingerprint density at radius 2 is 0.673 bits per heavy atom. The highest BCUT2D eigenvalue weighted by atomic mass is 16.7. The highest BCUT2D eigenvalue weighted by Crippen LogP contribution is 2.25. The van der Waals surface area contributed by atoms with Crippen LogP contribution in [-0.2, 0) is 114 Å². The molecule has 3 saturated heterocycles. The van der Waals surface area contributed by atoms with Crippen LogP contribution in [0, 0.1) is 0 Å². The van der Waals surface area contributed by atoms with Crippen LogP contribution in [0.5, 0.6) is 0 Å². The average Bonchev–Trinajstić information content (AvgIpc) is 0.823. The standard InChI is InChI=1S/C65H118N8O34/c1-41(77)70-52-58(87)55(84)46(36-74)105-63(52)102-33-30-97-23-20-94-19-18-93-16-13-66-44(8-4-6-11-67-49(80)39-100-28-26-95-21-24-98-31-34-103-64-53(71-42(2)78)59(88)56(85)47(37-75)106-64)62(91)73-45(61(90)69-14-17-92-15-10-51(82)83)9-5-7-12-68-50(81)40-101-29-27-96-22-25-99-32-35-104-65-54(72-43(3)79)60(89)57(86)48(38-76)107-65/h44-48,52-60,63-66,74-76,84-89H,4-40H2,1-3H3,(H,67,80)(H,68,81)(H,69,90)(H,70,77)(H,71,78)(H,72,79)(H,73,91)(H,82,83)/t44-,45-,46+,47+,48+,52+,53+,54+,55-,56-,57-,58+,59+,60+,63+,64+,65+/m0/s1. The van der Waals surface area contributed by atoms with Gasteiger partial charge in [-0.1, -0.05) is 0 Å². The van der Waals surface area contributed by atoms with Crippen LogP contribution in [0.25, 0.3) is 0 Å². The summed E-state index contributed by atoms with van der Waals surface area (Å²) in [6.07, 6.45) is -13.7. The van der Waals surface area contributed by atoms with Gasteiger partial charge in [0, 0.05) is 47.0 Å². The first-order valence-corrected chi connectivity index (χ1v) is 35.9. The van der Waals surface area contributed by atoms with E-state index in [0.717, 1.165) is 0 Å². The van der Waals surface area contributed by atoms with Crippen LogP contribution in [-0.4, -0.2) is 400 Å². The molecule has 0 unspecified atom stereocenters. The molecule has 107 heavy (non-hydrogen) atoms. The highest BCUT2D eigenvalue weighted by molar-refractivity contribution is 5.89. The van der Waals surface area contributed by atoms with E-state index in [1.165, 1.54) is 20.8 Å². The summed E-state index contributed by atoms with van der Waals surface area (Å²) < 4.78 is 88.5. The first-order valence-electron chi connectivity index (χ1n) is 35.9. The molecule has 0 bridgehead atoms. The van der Waals surface area contributed by atoms with Gasteiger partial charge in [0.2, 0.25) is 41.4 Å². The largest absolute Gasteiger partial charge is 0.481 e. The van der Waals surface area contributed by atoms with E-state index >= 15 is 0 Å². The molecule has 18 N–H and O–H groups in total. The number of carbonyl (C=O) groups excluding carboxylic acids is 7. The van der Waals surface area contributed by atoms with Crippen LogP contribution in [0.1, 0.15) is 65.7 Å². The molecule has 622 valence electrons. The molecule has 3 rings (SSSR count). The second-order valence-corrected chi connectivity index (χ2v) is 24.6. The fraction of sp³-hybridized carbons (Fsp3) is 0.877. The lowest BCUT2D eigenvalue weighted by Crippen LogP contribution is -2.64. The molecular weight excluding hydrogens is 1440 g/mol. The quantitative estimate of drug-likeness (QED) is 0.0251. The third-order valence-electron chi connectivity index (χ3n) is 16.1. The van der Waals surface area contributed by atoms with Gasteiger partial charge >= 0.3 is 5.97 Å².